The minimum absolute atomic E-state index is 0.0964. The molecule has 1 saturated carbocycles. The van der Waals surface area contributed by atoms with Crippen LogP contribution in [0.5, 0.6) is 11.5 Å². The molecule has 0 unspecified atom stereocenters. The molecule has 27 heavy (non-hydrogen) atoms. The third-order valence-electron chi connectivity index (χ3n) is 6.58. The number of hydrogen-bond acceptors (Lipinski definition) is 5. The number of carbonyl (C=O) groups is 1. The number of ketones is 1. The van der Waals surface area contributed by atoms with E-state index in [0.717, 1.165) is 34.1 Å². The third kappa shape index (κ3) is 2.00. The maximum Gasteiger partial charge on any atom is 0.227 e. The second kappa shape index (κ2) is 5.49. The number of fused-ring (bicyclic) bond motifs is 3. The molecule has 3 atom stereocenters. The topological polar surface area (TPSA) is 65.0 Å². The minimum atomic E-state index is -0.449. The predicted molar refractivity (Wildman–Crippen MR) is 100 cm³/mol. The first kappa shape index (κ1) is 16.6. The molecule has 5 heteroatoms. The van der Waals surface area contributed by atoms with E-state index in [9.17, 15) is 9.90 Å². The summed E-state index contributed by atoms with van der Waals surface area (Å²) in [7, 11) is 3.27. The molecule has 0 radical (unpaired) electrons. The van der Waals surface area contributed by atoms with Crippen LogP contribution in [0.3, 0.4) is 0 Å². The summed E-state index contributed by atoms with van der Waals surface area (Å²) in [6.45, 7) is 2.55. The Morgan fingerprint density at radius 2 is 1.81 bits per heavy atom. The average Bonchev–Trinajstić information content (AvgIpc) is 3.15. The number of ether oxygens (including phenoxy) is 3. The van der Waals surface area contributed by atoms with Crippen molar-refractivity contribution in [1.29, 1.82) is 0 Å². The Kier molecular flexibility index (Phi) is 3.38. The highest BCUT2D eigenvalue weighted by Gasteiger charge is 2.53. The van der Waals surface area contributed by atoms with E-state index in [1.165, 1.54) is 0 Å². The molecule has 0 amide bonds. The fraction of sp³-hybridized carbons (Fsp3) is 0.409. The van der Waals surface area contributed by atoms with Crippen molar-refractivity contribution in [3.63, 3.8) is 0 Å². The van der Waals surface area contributed by atoms with Crippen molar-refractivity contribution in [3.05, 3.63) is 46.7 Å². The fourth-order valence-electron chi connectivity index (χ4n) is 5.17. The van der Waals surface area contributed by atoms with Crippen molar-refractivity contribution in [3.8, 4) is 11.5 Å². The van der Waals surface area contributed by atoms with Gasteiger partial charge in [-0.05, 0) is 48.2 Å². The normalized spacial score (nSPS) is 28.7. The van der Waals surface area contributed by atoms with E-state index < -0.39 is 6.10 Å². The predicted octanol–water partition coefficient (Wildman–Crippen LogP) is 3.37. The monoisotopic (exact) mass is 366 g/mol. The standard InChI is InChI=1S/C22H22O5/c1-22-7-6-16(23)14-10-27-21(19(14)22)20(24)13-8-11-12(9-15(13)22)18(26-3)5-4-17(11)25-2/h4-5,8-9,14,16,23H,6-7,10H2,1-3H3/t14-,16-,22-/m0/s1. The van der Waals surface area contributed by atoms with Gasteiger partial charge in [0.25, 0.3) is 0 Å². The van der Waals surface area contributed by atoms with Crippen LogP contribution >= 0.6 is 0 Å². The number of Topliss-reactive ketones (excluding diaryl/α,β-unsaturated/α-hetero) is 1. The lowest BCUT2D eigenvalue weighted by Gasteiger charge is -2.43. The Morgan fingerprint density at radius 1 is 1.15 bits per heavy atom. The van der Waals surface area contributed by atoms with E-state index >= 15 is 0 Å². The van der Waals surface area contributed by atoms with Gasteiger partial charge < -0.3 is 19.3 Å². The van der Waals surface area contributed by atoms with E-state index in [4.69, 9.17) is 14.2 Å². The molecule has 0 bridgehead atoms. The van der Waals surface area contributed by atoms with Gasteiger partial charge in [-0.2, -0.15) is 0 Å². The summed E-state index contributed by atoms with van der Waals surface area (Å²) in [6, 6.07) is 7.72. The first-order chi connectivity index (χ1) is 13.0. The molecule has 5 rings (SSSR count). The second-order valence-electron chi connectivity index (χ2n) is 7.84. The van der Waals surface area contributed by atoms with Crippen LogP contribution in [0.2, 0.25) is 0 Å². The van der Waals surface area contributed by atoms with Crippen LogP contribution < -0.4 is 9.47 Å². The number of aliphatic hydroxyl groups is 1. The summed E-state index contributed by atoms with van der Waals surface area (Å²) >= 11 is 0. The van der Waals surface area contributed by atoms with Gasteiger partial charge in [-0.15, -0.1) is 0 Å². The molecule has 3 aliphatic rings. The second-order valence-corrected chi connectivity index (χ2v) is 7.84. The summed E-state index contributed by atoms with van der Waals surface area (Å²) in [4.78, 5) is 13.2. The Hall–Kier alpha value is -2.53. The van der Waals surface area contributed by atoms with Crippen molar-refractivity contribution >= 4 is 16.6 Å². The molecule has 0 saturated heterocycles. The van der Waals surface area contributed by atoms with Crippen LogP contribution in [0.15, 0.2) is 35.6 Å². The number of benzene rings is 2. The van der Waals surface area contributed by atoms with E-state index in [1.807, 2.05) is 18.2 Å². The molecule has 0 aromatic heterocycles. The van der Waals surface area contributed by atoms with Gasteiger partial charge in [0.05, 0.1) is 26.9 Å². The van der Waals surface area contributed by atoms with Crippen molar-refractivity contribution in [1.82, 2.24) is 0 Å². The number of carbonyl (C=O) groups excluding carboxylic acids is 1. The lowest BCUT2D eigenvalue weighted by atomic mass is 9.59. The largest absolute Gasteiger partial charge is 0.496 e. The van der Waals surface area contributed by atoms with Gasteiger partial charge in [0.1, 0.15) is 11.5 Å². The van der Waals surface area contributed by atoms with Gasteiger partial charge in [0.15, 0.2) is 5.76 Å². The van der Waals surface area contributed by atoms with Crippen molar-refractivity contribution in [2.45, 2.75) is 31.3 Å². The molecular weight excluding hydrogens is 344 g/mol. The Morgan fingerprint density at radius 3 is 2.48 bits per heavy atom. The SMILES string of the molecule is COc1ccc(OC)c2cc3c(cc12)C(=O)C1=C2[C@@H](CO1)[C@@H](O)CC[C@]23C. The van der Waals surface area contributed by atoms with E-state index in [2.05, 4.69) is 13.0 Å². The molecule has 2 aliphatic carbocycles. The van der Waals surface area contributed by atoms with E-state index in [-0.39, 0.29) is 17.1 Å². The highest BCUT2D eigenvalue weighted by molar-refractivity contribution is 6.14. The van der Waals surface area contributed by atoms with Crippen LogP contribution in [-0.2, 0) is 10.2 Å². The van der Waals surface area contributed by atoms with Gasteiger partial charge in [-0.25, -0.2) is 0 Å². The first-order valence-corrected chi connectivity index (χ1v) is 9.29. The summed E-state index contributed by atoms with van der Waals surface area (Å²) in [5.41, 5.74) is 2.31. The van der Waals surface area contributed by atoms with Gasteiger partial charge in [0, 0.05) is 27.7 Å². The molecule has 5 nitrogen and oxygen atoms in total. The number of aliphatic hydroxyl groups excluding tert-OH is 1. The summed E-state index contributed by atoms with van der Waals surface area (Å²) in [6.07, 6.45) is 1.03. The number of methoxy groups -OCH3 is 2. The van der Waals surface area contributed by atoms with Crippen molar-refractivity contribution in [2.75, 3.05) is 20.8 Å². The molecule has 1 fully saturated rings. The van der Waals surface area contributed by atoms with E-state index in [0.29, 0.717) is 30.1 Å². The number of rotatable bonds is 2. The molecule has 1 N–H and O–H groups in total. The molecule has 2 aromatic carbocycles. The molecule has 1 heterocycles. The maximum atomic E-state index is 13.2. The van der Waals surface area contributed by atoms with Crippen LogP contribution in [0, 0.1) is 5.92 Å². The average molecular weight is 366 g/mol. The van der Waals surface area contributed by atoms with Crippen molar-refractivity contribution in [2.24, 2.45) is 5.92 Å². The highest BCUT2D eigenvalue weighted by atomic mass is 16.5. The van der Waals surface area contributed by atoms with E-state index in [1.54, 1.807) is 14.2 Å². The van der Waals surface area contributed by atoms with Crippen molar-refractivity contribution < 1.29 is 24.1 Å². The summed E-state index contributed by atoms with van der Waals surface area (Å²) < 4.78 is 16.9. The molecule has 2 aromatic rings. The number of allylic oxidation sites excluding steroid dienone is 1. The van der Waals surface area contributed by atoms with Crippen LogP contribution in [0.1, 0.15) is 35.7 Å². The Balaban J connectivity index is 1.83. The zero-order valence-corrected chi connectivity index (χ0v) is 15.7. The van der Waals surface area contributed by atoms with Crippen LogP contribution in [-0.4, -0.2) is 37.8 Å². The molecule has 140 valence electrons. The zero-order chi connectivity index (χ0) is 18.9. The van der Waals surface area contributed by atoms with Gasteiger partial charge in [0.2, 0.25) is 5.78 Å². The lowest BCUT2D eigenvalue weighted by molar-refractivity contribution is 0.0631. The smallest absolute Gasteiger partial charge is 0.227 e. The summed E-state index contributed by atoms with van der Waals surface area (Å²) in [5, 5.41) is 12.2. The molecule has 0 spiro atoms. The van der Waals surface area contributed by atoms with Crippen LogP contribution in [0.25, 0.3) is 10.8 Å². The minimum Gasteiger partial charge on any atom is -0.496 e. The summed E-state index contributed by atoms with van der Waals surface area (Å²) in [5.74, 6) is 1.70. The van der Waals surface area contributed by atoms with Crippen LogP contribution in [0.4, 0.5) is 0 Å². The quantitative estimate of drug-likeness (QED) is 0.883. The molecule has 1 aliphatic heterocycles. The van der Waals surface area contributed by atoms with Gasteiger partial charge in [-0.3, -0.25) is 4.79 Å². The van der Waals surface area contributed by atoms with Gasteiger partial charge >= 0.3 is 0 Å². The Bertz CT molecular complexity index is 1020. The fourth-order valence-corrected chi connectivity index (χ4v) is 5.17. The highest BCUT2D eigenvalue weighted by Crippen LogP contribution is 2.55. The molecular formula is C22H22O5. The third-order valence-corrected chi connectivity index (χ3v) is 6.58. The maximum absolute atomic E-state index is 13.2. The number of hydrogen-bond donors (Lipinski definition) is 1. The lowest BCUT2D eigenvalue weighted by Crippen LogP contribution is -2.43. The zero-order valence-electron chi connectivity index (χ0n) is 15.7. The first-order valence-electron chi connectivity index (χ1n) is 9.29. The van der Waals surface area contributed by atoms with Gasteiger partial charge in [-0.1, -0.05) is 6.92 Å². The Labute approximate surface area is 157 Å².